The van der Waals surface area contributed by atoms with Crippen LogP contribution in [0.25, 0.3) is 0 Å². The number of hydrogen-bond acceptors (Lipinski definition) is 5. The lowest BCUT2D eigenvalue weighted by molar-refractivity contribution is -0.192. The summed E-state index contributed by atoms with van der Waals surface area (Å²) in [6.07, 6.45) is -7.53. The first-order chi connectivity index (χ1) is 15.8. The topological polar surface area (TPSA) is 103 Å². The van der Waals surface area contributed by atoms with E-state index in [-0.39, 0.29) is 23.1 Å². The summed E-state index contributed by atoms with van der Waals surface area (Å²) in [5, 5.41) is 19.9. The molecule has 1 fully saturated rings. The number of carboxylic acids is 1. The van der Waals surface area contributed by atoms with E-state index in [2.05, 4.69) is 26.9 Å². The van der Waals surface area contributed by atoms with Gasteiger partial charge in [-0.25, -0.2) is 4.79 Å². The van der Waals surface area contributed by atoms with E-state index < -0.39 is 24.0 Å². The van der Waals surface area contributed by atoms with E-state index in [1.807, 2.05) is 12.1 Å². The number of nitrogens with one attached hydrogen (secondary N) is 2. The standard InChI is InChI=1S/C19H15F3N4O.C2HF3O2/c20-19(21,22)18(25-26-18)11-6-4-10(5-7-11)17(27)24-14-3-1-2-12-13-8-9-15(23-13)16(12)14;3-2(4,5)1(6)7/h1-7,13,15,23H,8-9H2,(H,24,27);(H,6,7). The first-order valence-electron chi connectivity index (χ1n) is 9.95. The number of rotatable bonds is 3. The van der Waals surface area contributed by atoms with E-state index in [0.717, 1.165) is 24.1 Å². The molecule has 2 atom stereocenters. The maximum atomic E-state index is 13.1. The fourth-order valence-electron chi connectivity index (χ4n) is 4.09. The summed E-state index contributed by atoms with van der Waals surface area (Å²) < 4.78 is 70.9. The van der Waals surface area contributed by atoms with Crippen molar-refractivity contribution in [2.45, 2.75) is 42.9 Å². The highest BCUT2D eigenvalue weighted by Gasteiger charge is 2.65. The number of alkyl halides is 6. The van der Waals surface area contributed by atoms with Gasteiger partial charge in [0.15, 0.2) is 0 Å². The highest BCUT2D eigenvalue weighted by Crippen LogP contribution is 2.52. The largest absolute Gasteiger partial charge is 0.490 e. The molecular weight excluding hydrogens is 470 g/mol. The van der Waals surface area contributed by atoms with Crippen molar-refractivity contribution in [3.8, 4) is 0 Å². The van der Waals surface area contributed by atoms with Crippen LogP contribution in [-0.4, -0.2) is 29.3 Å². The number of carbonyl (C=O) groups excluding carboxylic acids is 1. The maximum Gasteiger partial charge on any atom is 0.490 e. The van der Waals surface area contributed by atoms with Crippen molar-refractivity contribution in [2.75, 3.05) is 5.32 Å². The second-order valence-corrected chi connectivity index (χ2v) is 7.86. The number of carboxylic acid groups (broad SMARTS) is 1. The number of halogens is 6. The molecule has 0 aliphatic carbocycles. The monoisotopic (exact) mass is 486 g/mol. The summed E-state index contributed by atoms with van der Waals surface area (Å²) in [5.74, 6) is -3.11. The summed E-state index contributed by atoms with van der Waals surface area (Å²) in [6, 6.07) is 11.7. The van der Waals surface area contributed by atoms with Gasteiger partial charge in [-0.2, -0.15) is 26.3 Å². The minimum Gasteiger partial charge on any atom is -0.475 e. The lowest BCUT2D eigenvalue weighted by atomic mass is 9.90. The first kappa shape index (κ1) is 23.7. The number of hydrogen-bond donors (Lipinski definition) is 3. The molecule has 2 aromatic carbocycles. The number of benzene rings is 2. The van der Waals surface area contributed by atoms with Crippen LogP contribution in [0, 0.1) is 0 Å². The van der Waals surface area contributed by atoms with E-state index in [4.69, 9.17) is 9.90 Å². The Kier molecular flexibility index (Phi) is 5.62. The van der Waals surface area contributed by atoms with E-state index in [9.17, 15) is 31.1 Å². The Morgan fingerprint density at radius 2 is 1.56 bits per heavy atom. The van der Waals surface area contributed by atoms with Crippen LogP contribution < -0.4 is 10.6 Å². The highest BCUT2D eigenvalue weighted by molar-refractivity contribution is 6.04. The molecule has 2 bridgehead atoms. The van der Waals surface area contributed by atoms with Crippen LogP contribution in [-0.2, 0) is 10.5 Å². The fraction of sp³-hybridized carbons (Fsp3) is 0.333. The molecule has 180 valence electrons. The predicted molar refractivity (Wildman–Crippen MR) is 105 cm³/mol. The Morgan fingerprint density at radius 3 is 2.09 bits per heavy atom. The third kappa shape index (κ3) is 4.22. The van der Waals surface area contributed by atoms with Crippen LogP contribution in [0.5, 0.6) is 0 Å². The average Bonchev–Trinajstić information content (AvgIpc) is 3.34. The van der Waals surface area contributed by atoms with E-state index >= 15 is 0 Å². The Morgan fingerprint density at radius 1 is 0.971 bits per heavy atom. The second-order valence-electron chi connectivity index (χ2n) is 7.86. The molecule has 3 heterocycles. The van der Waals surface area contributed by atoms with E-state index in [1.165, 1.54) is 29.8 Å². The van der Waals surface area contributed by atoms with Crippen molar-refractivity contribution in [3.05, 3.63) is 64.7 Å². The molecule has 7 nitrogen and oxygen atoms in total. The van der Waals surface area contributed by atoms with Gasteiger partial charge in [0.05, 0.1) is 0 Å². The van der Waals surface area contributed by atoms with Crippen LogP contribution in [0.1, 0.15) is 52.0 Å². The van der Waals surface area contributed by atoms with Gasteiger partial charge in [-0.05, 0) is 42.2 Å². The fourth-order valence-corrected chi connectivity index (χ4v) is 4.09. The molecule has 13 heteroatoms. The number of aliphatic carboxylic acids is 1. The van der Waals surface area contributed by atoms with Gasteiger partial charge in [0, 0.05) is 28.9 Å². The molecule has 0 radical (unpaired) electrons. The van der Waals surface area contributed by atoms with Gasteiger partial charge < -0.3 is 15.7 Å². The molecule has 3 aliphatic heterocycles. The molecule has 5 rings (SSSR count). The van der Waals surface area contributed by atoms with Crippen molar-refractivity contribution in [3.63, 3.8) is 0 Å². The summed E-state index contributed by atoms with van der Waals surface area (Å²) in [6.45, 7) is 0. The number of carbonyl (C=O) groups is 2. The first-order valence-corrected chi connectivity index (χ1v) is 9.95. The normalized spacial score (nSPS) is 21.4. The molecule has 2 unspecified atom stereocenters. The van der Waals surface area contributed by atoms with E-state index in [0.29, 0.717) is 6.04 Å². The summed E-state index contributed by atoms with van der Waals surface area (Å²) in [4.78, 5) is 21.5. The van der Waals surface area contributed by atoms with Gasteiger partial charge in [0.1, 0.15) is 0 Å². The predicted octanol–water partition coefficient (Wildman–Crippen LogP) is 5.23. The van der Waals surface area contributed by atoms with Gasteiger partial charge in [-0.3, -0.25) is 4.79 Å². The molecule has 0 saturated carbocycles. The molecule has 0 aromatic heterocycles. The highest BCUT2D eigenvalue weighted by atomic mass is 19.4. The zero-order valence-corrected chi connectivity index (χ0v) is 17.0. The molecule has 34 heavy (non-hydrogen) atoms. The molecule has 2 aromatic rings. The minimum absolute atomic E-state index is 0.0892. The van der Waals surface area contributed by atoms with Gasteiger partial charge in [-0.15, -0.1) is 10.2 Å². The van der Waals surface area contributed by atoms with Crippen LogP contribution in [0.2, 0.25) is 0 Å². The maximum absolute atomic E-state index is 13.1. The van der Waals surface area contributed by atoms with Crippen molar-refractivity contribution in [1.29, 1.82) is 0 Å². The van der Waals surface area contributed by atoms with Crippen LogP contribution in [0.4, 0.5) is 32.0 Å². The smallest absolute Gasteiger partial charge is 0.475 e. The summed E-state index contributed by atoms with van der Waals surface area (Å²) >= 11 is 0. The number of amides is 1. The van der Waals surface area contributed by atoms with Crippen LogP contribution in [0.3, 0.4) is 0 Å². The zero-order chi connectivity index (χ0) is 24.9. The van der Waals surface area contributed by atoms with Crippen LogP contribution >= 0.6 is 0 Å². The van der Waals surface area contributed by atoms with Gasteiger partial charge in [-0.1, -0.05) is 24.3 Å². The minimum atomic E-state index is -5.08. The quantitative estimate of drug-likeness (QED) is 0.517. The van der Waals surface area contributed by atoms with Crippen LogP contribution in [0.15, 0.2) is 52.7 Å². The third-order valence-corrected chi connectivity index (χ3v) is 5.75. The zero-order valence-electron chi connectivity index (χ0n) is 17.0. The number of fused-ring (bicyclic) bond motifs is 5. The third-order valence-electron chi connectivity index (χ3n) is 5.75. The number of nitrogens with zero attached hydrogens (tertiary/aromatic N) is 2. The lowest BCUT2D eigenvalue weighted by Crippen LogP contribution is -2.30. The van der Waals surface area contributed by atoms with Crippen molar-refractivity contribution < 1.29 is 41.0 Å². The van der Waals surface area contributed by atoms with Gasteiger partial charge in [0.25, 0.3) is 5.91 Å². The Hall–Kier alpha value is -3.48. The lowest BCUT2D eigenvalue weighted by Gasteiger charge is -2.18. The second kappa shape index (κ2) is 8.08. The summed E-state index contributed by atoms with van der Waals surface area (Å²) in [5.41, 5.74) is 0.806. The Bertz CT molecular complexity index is 1150. The van der Waals surface area contributed by atoms with Crippen molar-refractivity contribution in [1.82, 2.24) is 5.32 Å². The van der Waals surface area contributed by atoms with Gasteiger partial charge >= 0.3 is 24.0 Å². The summed E-state index contributed by atoms with van der Waals surface area (Å²) in [7, 11) is 0. The molecular formula is C21H16F6N4O3. The van der Waals surface area contributed by atoms with E-state index in [1.54, 1.807) is 0 Å². The molecule has 1 amide bonds. The Balaban J connectivity index is 0.000000344. The van der Waals surface area contributed by atoms with Crippen molar-refractivity contribution >= 4 is 17.6 Å². The molecule has 0 spiro atoms. The molecule has 1 saturated heterocycles. The number of anilines is 1. The average molecular weight is 486 g/mol. The molecule has 3 aliphatic rings. The van der Waals surface area contributed by atoms with Crippen molar-refractivity contribution in [2.24, 2.45) is 10.2 Å². The molecule has 3 N–H and O–H groups in total. The SMILES string of the molecule is O=C(Nc1cccc2c1C1CCC2N1)c1ccc(C2(C(F)(F)F)N=N2)cc1.O=C(O)C(F)(F)F. The Labute approximate surface area is 187 Å². The van der Waals surface area contributed by atoms with Gasteiger partial charge in [0.2, 0.25) is 0 Å².